The van der Waals surface area contributed by atoms with Crippen molar-refractivity contribution in [3.63, 3.8) is 0 Å². The summed E-state index contributed by atoms with van der Waals surface area (Å²) in [6, 6.07) is 12.2. The van der Waals surface area contributed by atoms with Gasteiger partial charge in [0.05, 0.1) is 14.2 Å². The van der Waals surface area contributed by atoms with E-state index in [-0.39, 0.29) is 10.6 Å². The van der Waals surface area contributed by atoms with Crippen LogP contribution in [0.2, 0.25) is 0 Å². The van der Waals surface area contributed by atoms with E-state index in [1.807, 2.05) is 12.1 Å². The fourth-order valence-electron chi connectivity index (χ4n) is 3.27. The standard InChI is InChI=1S/C20H26N2O4S/c1-25-18-11-12-19(26-2)20(15-18)27(23,24)21-16-7-9-17(10-8-16)22-13-5-3-4-6-14-22/h7-12,15,21H,3-6,13-14H2,1-2H3. The van der Waals surface area contributed by atoms with Gasteiger partial charge < -0.3 is 14.4 Å². The van der Waals surface area contributed by atoms with Crippen molar-refractivity contribution >= 4 is 21.4 Å². The predicted molar refractivity (Wildman–Crippen MR) is 107 cm³/mol. The summed E-state index contributed by atoms with van der Waals surface area (Å²) < 4.78 is 38.6. The van der Waals surface area contributed by atoms with Gasteiger partial charge in [0.25, 0.3) is 10.0 Å². The first-order chi connectivity index (χ1) is 13.0. The fourth-order valence-corrected chi connectivity index (χ4v) is 4.52. The van der Waals surface area contributed by atoms with Gasteiger partial charge >= 0.3 is 0 Å². The number of anilines is 2. The molecule has 146 valence electrons. The summed E-state index contributed by atoms with van der Waals surface area (Å²) >= 11 is 0. The molecule has 1 heterocycles. The molecule has 27 heavy (non-hydrogen) atoms. The van der Waals surface area contributed by atoms with E-state index in [0.717, 1.165) is 18.8 Å². The number of nitrogens with one attached hydrogen (secondary N) is 1. The van der Waals surface area contributed by atoms with Crippen LogP contribution in [0.4, 0.5) is 11.4 Å². The molecule has 1 aliphatic heterocycles. The second-order valence-corrected chi connectivity index (χ2v) is 8.22. The van der Waals surface area contributed by atoms with Gasteiger partial charge in [0.1, 0.15) is 16.4 Å². The molecule has 1 fully saturated rings. The molecular formula is C20H26N2O4S. The van der Waals surface area contributed by atoms with Gasteiger partial charge in [-0.2, -0.15) is 0 Å². The lowest BCUT2D eigenvalue weighted by atomic mass is 10.2. The monoisotopic (exact) mass is 390 g/mol. The molecule has 1 aliphatic rings. The van der Waals surface area contributed by atoms with Crippen LogP contribution in [-0.2, 0) is 10.0 Å². The van der Waals surface area contributed by atoms with Crippen LogP contribution in [0.5, 0.6) is 11.5 Å². The molecule has 1 saturated heterocycles. The second-order valence-electron chi connectivity index (χ2n) is 6.57. The third-order valence-electron chi connectivity index (χ3n) is 4.75. The molecule has 2 aromatic rings. The summed E-state index contributed by atoms with van der Waals surface area (Å²) in [6.07, 6.45) is 4.95. The predicted octanol–water partition coefficient (Wildman–Crippen LogP) is 3.89. The lowest BCUT2D eigenvalue weighted by Gasteiger charge is -2.23. The Kier molecular flexibility index (Phi) is 6.11. The maximum absolute atomic E-state index is 12.8. The van der Waals surface area contributed by atoms with Crippen LogP contribution in [0.15, 0.2) is 47.4 Å². The van der Waals surface area contributed by atoms with Gasteiger partial charge in [-0.15, -0.1) is 0 Å². The Morgan fingerprint density at radius 3 is 2.15 bits per heavy atom. The van der Waals surface area contributed by atoms with E-state index in [1.54, 1.807) is 24.3 Å². The molecule has 0 radical (unpaired) electrons. The van der Waals surface area contributed by atoms with Crippen LogP contribution in [0.1, 0.15) is 25.7 Å². The number of hydrogen-bond donors (Lipinski definition) is 1. The number of nitrogens with zero attached hydrogens (tertiary/aromatic N) is 1. The van der Waals surface area contributed by atoms with Crippen molar-refractivity contribution in [1.29, 1.82) is 0 Å². The maximum atomic E-state index is 12.8. The molecule has 0 amide bonds. The summed E-state index contributed by atoms with van der Waals surface area (Å²) in [7, 11) is -0.866. The molecule has 3 rings (SSSR count). The number of methoxy groups -OCH3 is 2. The molecule has 0 spiro atoms. The van der Waals surface area contributed by atoms with Gasteiger partial charge in [-0.05, 0) is 49.2 Å². The number of rotatable bonds is 6. The Morgan fingerprint density at radius 1 is 0.889 bits per heavy atom. The molecule has 0 aromatic heterocycles. The van der Waals surface area contributed by atoms with E-state index < -0.39 is 10.0 Å². The van der Waals surface area contributed by atoms with Crippen molar-refractivity contribution in [2.45, 2.75) is 30.6 Å². The average Bonchev–Trinajstić information content (AvgIpc) is 2.97. The van der Waals surface area contributed by atoms with Gasteiger partial charge in [-0.25, -0.2) is 8.42 Å². The van der Waals surface area contributed by atoms with Crippen molar-refractivity contribution in [2.24, 2.45) is 0 Å². The van der Waals surface area contributed by atoms with Crippen LogP contribution in [0.25, 0.3) is 0 Å². The summed E-state index contributed by atoms with van der Waals surface area (Å²) in [5.41, 5.74) is 1.64. The second kappa shape index (κ2) is 8.52. The van der Waals surface area contributed by atoms with Gasteiger partial charge in [-0.3, -0.25) is 4.72 Å². The van der Waals surface area contributed by atoms with E-state index in [1.165, 1.54) is 46.0 Å². The van der Waals surface area contributed by atoms with E-state index >= 15 is 0 Å². The first-order valence-corrected chi connectivity index (χ1v) is 10.6. The van der Waals surface area contributed by atoms with Crippen molar-refractivity contribution in [2.75, 3.05) is 36.9 Å². The quantitative estimate of drug-likeness (QED) is 0.811. The molecule has 2 aromatic carbocycles. The minimum absolute atomic E-state index is 0.0425. The van der Waals surface area contributed by atoms with Crippen molar-refractivity contribution < 1.29 is 17.9 Å². The smallest absolute Gasteiger partial charge is 0.265 e. The minimum Gasteiger partial charge on any atom is -0.497 e. The zero-order valence-corrected chi connectivity index (χ0v) is 16.6. The van der Waals surface area contributed by atoms with E-state index in [2.05, 4.69) is 9.62 Å². The van der Waals surface area contributed by atoms with Gasteiger partial charge in [0.15, 0.2) is 0 Å². The zero-order valence-electron chi connectivity index (χ0n) is 15.8. The highest BCUT2D eigenvalue weighted by molar-refractivity contribution is 7.92. The Balaban J connectivity index is 1.80. The van der Waals surface area contributed by atoms with Crippen LogP contribution in [-0.4, -0.2) is 35.7 Å². The van der Waals surface area contributed by atoms with Gasteiger partial charge in [-0.1, -0.05) is 12.8 Å². The van der Waals surface area contributed by atoms with Crippen LogP contribution in [0, 0.1) is 0 Å². The van der Waals surface area contributed by atoms with Crippen molar-refractivity contribution in [3.05, 3.63) is 42.5 Å². The summed E-state index contributed by atoms with van der Waals surface area (Å²) in [6.45, 7) is 2.10. The minimum atomic E-state index is -3.80. The Hall–Kier alpha value is -2.41. The Bertz CT molecular complexity index is 858. The summed E-state index contributed by atoms with van der Waals surface area (Å²) in [5.74, 6) is 0.720. The van der Waals surface area contributed by atoms with Crippen LogP contribution in [0.3, 0.4) is 0 Å². The van der Waals surface area contributed by atoms with Crippen LogP contribution >= 0.6 is 0 Å². The van der Waals surface area contributed by atoms with Crippen LogP contribution < -0.4 is 19.1 Å². The lowest BCUT2D eigenvalue weighted by Crippen LogP contribution is -2.23. The highest BCUT2D eigenvalue weighted by atomic mass is 32.2. The Morgan fingerprint density at radius 2 is 1.56 bits per heavy atom. The largest absolute Gasteiger partial charge is 0.497 e. The van der Waals surface area contributed by atoms with Gasteiger partial charge in [0, 0.05) is 30.5 Å². The van der Waals surface area contributed by atoms with Gasteiger partial charge in [0.2, 0.25) is 0 Å². The zero-order chi connectivity index (χ0) is 19.3. The number of ether oxygens (including phenoxy) is 2. The molecule has 0 bridgehead atoms. The lowest BCUT2D eigenvalue weighted by molar-refractivity contribution is 0.392. The molecule has 7 heteroatoms. The van der Waals surface area contributed by atoms with E-state index in [4.69, 9.17) is 9.47 Å². The number of sulfonamides is 1. The first kappa shape index (κ1) is 19.4. The summed E-state index contributed by atoms with van der Waals surface area (Å²) in [4.78, 5) is 2.40. The first-order valence-electron chi connectivity index (χ1n) is 9.13. The normalized spacial score (nSPS) is 15.1. The Labute approximate surface area is 161 Å². The SMILES string of the molecule is COc1ccc(OC)c(S(=O)(=O)Nc2ccc(N3CCCCCC3)cc2)c1. The molecule has 0 unspecified atom stereocenters. The third-order valence-corrected chi connectivity index (χ3v) is 6.15. The topological polar surface area (TPSA) is 67.9 Å². The molecule has 0 atom stereocenters. The molecular weight excluding hydrogens is 364 g/mol. The number of benzene rings is 2. The molecule has 0 aliphatic carbocycles. The van der Waals surface area contributed by atoms with Crippen molar-refractivity contribution in [3.8, 4) is 11.5 Å². The maximum Gasteiger partial charge on any atom is 0.265 e. The number of hydrogen-bond acceptors (Lipinski definition) is 5. The summed E-state index contributed by atoms with van der Waals surface area (Å²) in [5, 5.41) is 0. The average molecular weight is 391 g/mol. The van der Waals surface area contributed by atoms with E-state index in [9.17, 15) is 8.42 Å². The van der Waals surface area contributed by atoms with Crippen molar-refractivity contribution in [1.82, 2.24) is 0 Å². The molecule has 0 saturated carbocycles. The highest BCUT2D eigenvalue weighted by Crippen LogP contribution is 2.30. The fraction of sp³-hybridized carbons (Fsp3) is 0.400. The third kappa shape index (κ3) is 4.66. The molecule has 6 nitrogen and oxygen atoms in total. The highest BCUT2D eigenvalue weighted by Gasteiger charge is 2.21. The molecule has 1 N–H and O–H groups in total. The van der Waals surface area contributed by atoms with E-state index in [0.29, 0.717) is 11.4 Å².